The molecule has 0 aromatic rings. The van der Waals surface area contributed by atoms with Gasteiger partial charge >= 0.3 is 0 Å². The molecule has 3 heteroatoms. The molecule has 1 unspecified atom stereocenters. The minimum atomic E-state index is -1.42. The highest BCUT2D eigenvalue weighted by molar-refractivity contribution is 14.1. The maximum Gasteiger partial charge on any atom is 0.211 e. The second-order valence-electron chi connectivity index (χ2n) is 4.63. The molecule has 0 aliphatic carbocycles. The monoisotopic (exact) mass is 336 g/mol. The molecule has 1 nitrogen and oxygen atoms in total. The molecule has 0 aromatic heterocycles. The van der Waals surface area contributed by atoms with Crippen molar-refractivity contribution in [3.8, 4) is 0 Å². The number of rotatable bonds is 5. The molecule has 15 heavy (non-hydrogen) atoms. The van der Waals surface area contributed by atoms with E-state index < -0.39 is 8.32 Å². The third kappa shape index (κ3) is 5.87. The van der Waals surface area contributed by atoms with E-state index in [-0.39, 0.29) is 0 Å². The van der Waals surface area contributed by atoms with Crippen LogP contribution in [-0.4, -0.2) is 14.4 Å². The summed E-state index contributed by atoms with van der Waals surface area (Å²) in [6.07, 6.45) is 11.2. The molecule has 0 radical (unpaired) electrons. The second-order valence-corrected chi connectivity index (χ2v) is 9.12. The topological polar surface area (TPSA) is 9.23 Å². The summed E-state index contributed by atoms with van der Waals surface area (Å²) in [6, 6.07) is 0. The van der Waals surface area contributed by atoms with Crippen LogP contribution in [0.5, 0.6) is 0 Å². The molecule has 0 bridgehead atoms. The van der Waals surface area contributed by atoms with E-state index in [0.717, 1.165) is 6.42 Å². The van der Waals surface area contributed by atoms with E-state index in [2.05, 4.69) is 57.6 Å². The molecule has 0 N–H and O–H groups in total. The minimum Gasteiger partial charge on any atom is -0.410 e. The van der Waals surface area contributed by atoms with Crippen molar-refractivity contribution in [1.82, 2.24) is 0 Å². The molecule has 0 amide bonds. The fourth-order valence-corrected chi connectivity index (χ4v) is 4.11. The normalized spacial score (nSPS) is 24.9. The van der Waals surface area contributed by atoms with Gasteiger partial charge in [0, 0.05) is 6.10 Å². The first-order valence-electron chi connectivity index (χ1n) is 5.75. The van der Waals surface area contributed by atoms with E-state index >= 15 is 0 Å². The summed E-state index contributed by atoms with van der Waals surface area (Å²) in [5.74, 6) is 0. The van der Waals surface area contributed by atoms with Gasteiger partial charge in [-0.1, -0.05) is 46.9 Å². The molecule has 1 rings (SSSR count). The van der Waals surface area contributed by atoms with Gasteiger partial charge in [0.15, 0.2) is 0 Å². The lowest BCUT2D eigenvalue weighted by molar-refractivity contribution is 0.180. The predicted octanol–water partition coefficient (Wildman–Crippen LogP) is 4.58. The molecule has 0 fully saturated rings. The van der Waals surface area contributed by atoms with Crippen LogP contribution >= 0.6 is 22.6 Å². The van der Waals surface area contributed by atoms with E-state index in [1.54, 1.807) is 0 Å². The quantitative estimate of drug-likeness (QED) is 0.405. The van der Waals surface area contributed by atoms with Gasteiger partial charge in [0.1, 0.15) is 0 Å². The molecule has 0 saturated carbocycles. The Hall–Kier alpha value is 0.387. The van der Waals surface area contributed by atoms with Crippen LogP contribution in [0.1, 0.15) is 32.1 Å². The maximum absolute atomic E-state index is 6.11. The molecular formula is C12H21IOSi. The largest absolute Gasteiger partial charge is 0.410 e. The number of halogens is 1. The van der Waals surface area contributed by atoms with E-state index in [4.69, 9.17) is 4.43 Å². The van der Waals surface area contributed by atoms with Crippen molar-refractivity contribution in [2.75, 3.05) is 0 Å². The molecule has 1 heterocycles. The summed E-state index contributed by atoms with van der Waals surface area (Å²) in [4.78, 5) is 0. The van der Waals surface area contributed by atoms with Crippen LogP contribution in [0.15, 0.2) is 21.9 Å². The van der Waals surface area contributed by atoms with Crippen LogP contribution in [0, 0.1) is 0 Å². The lowest BCUT2D eigenvalue weighted by Gasteiger charge is -2.30. The van der Waals surface area contributed by atoms with Gasteiger partial charge in [-0.15, -0.1) is 0 Å². The zero-order valence-electron chi connectivity index (χ0n) is 9.71. The molecule has 1 aliphatic rings. The van der Waals surface area contributed by atoms with Gasteiger partial charge in [0.05, 0.1) is 0 Å². The van der Waals surface area contributed by atoms with Crippen molar-refractivity contribution in [2.45, 2.75) is 51.3 Å². The third-order valence-electron chi connectivity index (χ3n) is 2.62. The van der Waals surface area contributed by atoms with Gasteiger partial charge in [0.25, 0.3) is 0 Å². The highest BCUT2D eigenvalue weighted by Crippen LogP contribution is 2.22. The fourth-order valence-electron chi connectivity index (χ4n) is 1.89. The Morgan fingerprint density at radius 1 is 1.47 bits per heavy atom. The van der Waals surface area contributed by atoms with Gasteiger partial charge in [-0.25, -0.2) is 0 Å². The van der Waals surface area contributed by atoms with Gasteiger partial charge < -0.3 is 4.43 Å². The van der Waals surface area contributed by atoms with Crippen LogP contribution in [0.2, 0.25) is 13.1 Å². The Balaban J connectivity index is 2.15. The summed E-state index contributed by atoms with van der Waals surface area (Å²) in [6.45, 7) is 4.54. The van der Waals surface area contributed by atoms with Crippen LogP contribution in [0.25, 0.3) is 0 Å². The van der Waals surface area contributed by atoms with Crippen molar-refractivity contribution in [1.29, 1.82) is 0 Å². The van der Waals surface area contributed by atoms with Gasteiger partial charge in [-0.2, -0.15) is 0 Å². The smallest absolute Gasteiger partial charge is 0.211 e. The molecule has 0 spiro atoms. The number of hydrogen-bond acceptors (Lipinski definition) is 1. The van der Waals surface area contributed by atoms with Crippen molar-refractivity contribution in [3.05, 3.63) is 21.9 Å². The van der Waals surface area contributed by atoms with E-state index in [9.17, 15) is 0 Å². The van der Waals surface area contributed by atoms with Crippen LogP contribution in [0.4, 0.5) is 0 Å². The highest BCUT2D eigenvalue weighted by atomic mass is 127. The number of hydrogen-bond donors (Lipinski definition) is 0. The Bertz CT molecular complexity index is 236. The van der Waals surface area contributed by atoms with Crippen LogP contribution in [-0.2, 0) is 4.43 Å². The fraction of sp³-hybridized carbons (Fsp3) is 0.667. The first-order chi connectivity index (χ1) is 7.14. The summed E-state index contributed by atoms with van der Waals surface area (Å²) >= 11 is 2.28. The zero-order valence-corrected chi connectivity index (χ0v) is 12.9. The maximum atomic E-state index is 6.11. The molecule has 0 saturated heterocycles. The van der Waals surface area contributed by atoms with Gasteiger partial charge in [-0.05, 0) is 42.9 Å². The molecule has 86 valence electrons. The van der Waals surface area contributed by atoms with E-state index in [1.165, 1.54) is 25.7 Å². The van der Waals surface area contributed by atoms with Crippen molar-refractivity contribution >= 4 is 30.9 Å². The Labute approximate surface area is 108 Å². The predicted molar refractivity (Wildman–Crippen MR) is 77.7 cm³/mol. The Morgan fingerprint density at radius 2 is 2.27 bits per heavy atom. The number of unbranched alkanes of at least 4 members (excludes halogenated alkanes) is 2. The third-order valence-corrected chi connectivity index (χ3v) is 5.11. The summed E-state index contributed by atoms with van der Waals surface area (Å²) < 4.78 is 8.22. The summed E-state index contributed by atoms with van der Waals surface area (Å²) in [5.41, 5.74) is 2.31. The van der Waals surface area contributed by atoms with Crippen molar-refractivity contribution in [2.24, 2.45) is 0 Å². The summed E-state index contributed by atoms with van der Waals surface area (Å²) in [7, 11) is -1.42. The first kappa shape index (κ1) is 13.5. The Morgan fingerprint density at radius 3 is 2.93 bits per heavy atom. The van der Waals surface area contributed by atoms with Gasteiger partial charge in [0.2, 0.25) is 8.32 Å². The standard InChI is InChI=1S/C12H21IOSi/c1-15(2)11-7-9-12(14-15)8-5-3-4-6-10-13/h6-7,10-12H,3-5,8-9H2,1-2H3/b10-6-. The molecule has 0 aromatic carbocycles. The second kappa shape index (κ2) is 6.86. The number of allylic oxidation sites excluding steroid dienone is 1. The average molecular weight is 336 g/mol. The minimum absolute atomic E-state index is 0.500. The van der Waals surface area contributed by atoms with Crippen LogP contribution in [0.3, 0.4) is 0 Å². The van der Waals surface area contributed by atoms with Gasteiger partial charge in [-0.3, -0.25) is 0 Å². The van der Waals surface area contributed by atoms with E-state index in [1.807, 2.05) is 0 Å². The lowest BCUT2D eigenvalue weighted by Crippen LogP contribution is -2.36. The SMILES string of the molecule is C[Si]1(C)C=CCC(CCCC/C=C\I)O1. The van der Waals surface area contributed by atoms with Crippen LogP contribution < -0.4 is 0 Å². The molecule has 1 aliphatic heterocycles. The average Bonchev–Trinajstić information content (AvgIpc) is 2.16. The molecule has 1 atom stereocenters. The molecular weight excluding hydrogens is 315 g/mol. The van der Waals surface area contributed by atoms with E-state index in [0.29, 0.717) is 6.10 Å². The lowest BCUT2D eigenvalue weighted by atomic mass is 10.1. The van der Waals surface area contributed by atoms with Crippen molar-refractivity contribution < 1.29 is 4.43 Å². The van der Waals surface area contributed by atoms with Crippen molar-refractivity contribution in [3.63, 3.8) is 0 Å². The zero-order chi connectivity index (χ0) is 11.1. The Kier molecular flexibility index (Phi) is 6.15. The highest BCUT2D eigenvalue weighted by Gasteiger charge is 2.26. The summed E-state index contributed by atoms with van der Waals surface area (Å²) in [5, 5.41) is 0. The first-order valence-corrected chi connectivity index (χ1v) is 9.98.